The van der Waals surface area contributed by atoms with Crippen LogP contribution in [0, 0.1) is 0 Å². The van der Waals surface area contributed by atoms with Gasteiger partial charge in [-0.25, -0.2) is 0 Å². The van der Waals surface area contributed by atoms with Crippen LogP contribution in [-0.4, -0.2) is 139 Å². The number of nitrogens with zero attached hydrogens (tertiary/aromatic N) is 4. The first-order valence-corrected chi connectivity index (χ1v) is 31.3. The van der Waals surface area contributed by atoms with Crippen molar-refractivity contribution in [2.75, 3.05) is 72.0 Å². The number of hydrogen-bond donors (Lipinski definition) is 4. The van der Waals surface area contributed by atoms with E-state index in [4.69, 9.17) is 46.4 Å². The Morgan fingerprint density at radius 3 is 1.56 bits per heavy atom. The lowest BCUT2D eigenvalue weighted by molar-refractivity contribution is -0.134. The smallest absolute Gasteiger partial charge is 0.251 e. The number of hydrogen-bond acceptors (Lipinski definition) is 9. The Bertz CT molecular complexity index is 3040. The Balaban J connectivity index is 0.000000194. The number of nitrogens with one attached hydrogen (secondary N) is 4. The number of carbonyl (C=O) groups excluding carboxylic acids is 4. The summed E-state index contributed by atoms with van der Waals surface area (Å²) in [6, 6.07) is 29.6. The predicted octanol–water partition coefficient (Wildman–Crippen LogP) is 12.1. The Morgan fingerprint density at radius 1 is 0.588 bits per heavy atom. The van der Waals surface area contributed by atoms with Crippen molar-refractivity contribution in [2.24, 2.45) is 0 Å². The summed E-state index contributed by atoms with van der Waals surface area (Å²) in [5.74, 6) is 0.387. The summed E-state index contributed by atoms with van der Waals surface area (Å²) in [6.07, 6.45) is 11.5. The third-order valence-electron chi connectivity index (χ3n) is 16.4. The van der Waals surface area contributed by atoms with Gasteiger partial charge in [-0.1, -0.05) is 96.5 Å². The third-order valence-corrected chi connectivity index (χ3v) is 18.2. The molecule has 0 radical (unpaired) electrons. The summed E-state index contributed by atoms with van der Waals surface area (Å²) >= 11 is 26.5. The quantitative estimate of drug-likeness (QED) is 0.0670. The molecule has 4 N–H and O–H groups in total. The molecule has 0 saturated carbocycles. The summed E-state index contributed by atoms with van der Waals surface area (Å²) in [5.41, 5.74) is 3.42. The minimum Gasteiger partial charge on any atom is -0.350 e. The van der Waals surface area contributed by atoms with Crippen molar-refractivity contribution < 1.29 is 19.2 Å². The number of rotatable bonds is 18. The van der Waals surface area contributed by atoms with Crippen molar-refractivity contribution in [3.63, 3.8) is 0 Å². The van der Waals surface area contributed by atoms with E-state index in [-0.39, 0.29) is 47.8 Å². The van der Waals surface area contributed by atoms with Gasteiger partial charge in [-0.15, -0.1) is 0 Å². The average Bonchev–Trinajstić information content (AvgIpc) is 4.00. The molecule has 0 spiro atoms. The number of amides is 4. The average molecular weight is 1180 g/mol. The minimum atomic E-state index is -0.331. The Hall–Kier alpha value is -4.80. The molecule has 17 heteroatoms. The van der Waals surface area contributed by atoms with Gasteiger partial charge in [0.2, 0.25) is 11.8 Å². The Labute approximate surface area is 496 Å². The molecule has 5 heterocycles. The van der Waals surface area contributed by atoms with E-state index >= 15 is 0 Å². The molecule has 4 aliphatic rings. The number of halogens is 4. The fourth-order valence-electron chi connectivity index (χ4n) is 11.7. The van der Waals surface area contributed by atoms with Gasteiger partial charge in [0.15, 0.2) is 0 Å². The summed E-state index contributed by atoms with van der Waals surface area (Å²) in [4.78, 5) is 62.6. The second kappa shape index (κ2) is 29.4. The lowest BCUT2D eigenvalue weighted by Gasteiger charge is -2.31. The normalized spacial score (nSPS) is 20.9. The second-order valence-corrected chi connectivity index (χ2v) is 24.6. The lowest BCUT2D eigenvalue weighted by atomic mass is 9.98. The van der Waals surface area contributed by atoms with Crippen LogP contribution in [-0.2, 0) is 16.1 Å². The maximum Gasteiger partial charge on any atom is 0.251 e. The highest BCUT2D eigenvalue weighted by Crippen LogP contribution is 2.28. The van der Waals surface area contributed by atoms with Crippen LogP contribution in [0.4, 0.5) is 0 Å². The zero-order chi connectivity index (χ0) is 56.0. The standard InChI is InChI=1S/C32H41ClN4O2S.C31H35Cl3N4O2/c1-2-23(27-12-17-40-22-27)21-37-16-10-29(35-30(32(37)39)11-15-36-13-4-3-5-14-36)20-34-31(38)26-7-6-25-19-28(33)9-8-24(25)18-26;32-25-8-6-21-16-23(5-4-22(21)17-25)30(39)35-19-27-10-15-38(20-24-7-9-26(33)18-28(24)34)31(40)29(36-27)11-14-37-12-2-1-3-13-37/h6-9,12,17-19,22-23,29-30,35H,2-5,10-11,13-16,20-21H2,1H3,(H,34,38);4-9,16-18,27,29,36H,1-3,10-15,19-20H2,(H,35,39)/t23-,29-,30-;27-,29-/m00/s1. The number of piperidine rings is 2. The van der Waals surface area contributed by atoms with Gasteiger partial charge in [0.1, 0.15) is 0 Å². The van der Waals surface area contributed by atoms with E-state index in [0.717, 1.165) is 98.6 Å². The van der Waals surface area contributed by atoms with Crippen molar-refractivity contribution in [3.8, 4) is 0 Å². The molecule has 426 valence electrons. The highest BCUT2D eigenvalue weighted by atomic mass is 35.5. The molecule has 10 rings (SSSR count). The van der Waals surface area contributed by atoms with Gasteiger partial charge >= 0.3 is 0 Å². The van der Waals surface area contributed by atoms with E-state index in [1.165, 1.54) is 44.1 Å². The minimum absolute atomic E-state index is 0.0322. The van der Waals surface area contributed by atoms with Gasteiger partial charge in [-0.3, -0.25) is 19.2 Å². The number of benzene rings is 5. The zero-order valence-electron chi connectivity index (χ0n) is 45.9. The highest BCUT2D eigenvalue weighted by Gasteiger charge is 2.34. The number of thiophene rings is 1. The van der Waals surface area contributed by atoms with E-state index in [1.54, 1.807) is 23.5 Å². The van der Waals surface area contributed by atoms with E-state index < -0.39 is 0 Å². The van der Waals surface area contributed by atoms with Gasteiger partial charge in [0, 0.05) is 102 Å². The van der Waals surface area contributed by atoms with Crippen LogP contribution in [0.15, 0.2) is 108 Å². The topological polar surface area (TPSA) is 129 Å². The lowest BCUT2D eigenvalue weighted by Crippen LogP contribution is -2.50. The Kier molecular flexibility index (Phi) is 22.0. The molecule has 4 saturated heterocycles. The fraction of sp³-hybridized carbons (Fsp3) is 0.460. The maximum atomic E-state index is 13.8. The first kappa shape index (κ1) is 59.8. The molecule has 0 unspecified atom stereocenters. The van der Waals surface area contributed by atoms with Crippen LogP contribution in [0.25, 0.3) is 21.5 Å². The molecular formula is C63H76Cl4N8O4S. The van der Waals surface area contributed by atoms with Gasteiger partial charge in [-0.05, 0) is 194 Å². The molecule has 4 fully saturated rings. The Morgan fingerprint density at radius 2 is 1.06 bits per heavy atom. The van der Waals surface area contributed by atoms with Crippen LogP contribution in [0.5, 0.6) is 0 Å². The molecule has 12 nitrogen and oxygen atoms in total. The van der Waals surface area contributed by atoms with E-state index in [0.29, 0.717) is 76.3 Å². The van der Waals surface area contributed by atoms with Gasteiger partial charge in [-0.2, -0.15) is 11.3 Å². The number of carbonyl (C=O) groups is 4. The molecule has 0 bridgehead atoms. The van der Waals surface area contributed by atoms with E-state index in [9.17, 15) is 19.2 Å². The molecule has 0 aliphatic carbocycles. The molecule has 6 aromatic rings. The molecule has 80 heavy (non-hydrogen) atoms. The first-order valence-electron chi connectivity index (χ1n) is 28.8. The fourth-order valence-corrected chi connectivity index (χ4v) is 13.2. The summed E-state index contributed by atoms with van der Waals surface area (Å²) < 4.78 is 0. The summed E-state index contributed by atoms with van der Waals surface area (Å²) in [6.45, 7) is 11.8. The van der Waals surface area contributed by atoms with Crippen LogP contribution >= 0.6 is 57.7 Å². The van der Waals surface area contributed by atoms with Crippen molar-refractivity contribution in [1.29, 1.82) is 0 Å². The van der Waals surface area contributed by atoms with Gasteiger partial charge in [0.05, 0.1) is 12.1 Å². The molecule has 1 aromatic heterocycles. The summed E-state index contributed by atoms with van der Waals surface area (Å²) in [7, 11) is 0. The third kappa shape index (κ3) is 16.7. The van der Waals surface area contributed by atoms with Crippen LogP contribution in [0.3, 0.4) is 0 Å². The molecule has 5 atom stereocenters. The largest absolute Gasteiger partial charge is 0.350 e. The first-order chi connectivity index (χ1) is 38.8. The number of fused-ring (bicyclic) bond motifs is 2. The zero-order valence-corrected chi connectivity index (χ0v) is 49.7. The van der Waals surface area contributed by atoms with E-state index in [2.05, 4.69) is 59.7 Å². The van der Waals surface area contributed by atoms with Crippen molar-refractivity contribution in [3.05, 3.63) is 150 Å². The van der Waals surface area contributed by atoms with Gasteiger partial charge < -0.3 is 40.9 Å². The maximum absolute atomic E-state index is 13.8. The summed E-state index contributed by atoms with van der Waals surface area (Å²) in [5, 5.41) is 24.2. The highest BCUT2D eigenvalue weighted by molar-refractivity contribution is 7.08. The predicted molar refractivity (Wildman–Crippen MR) is 329 cm³/mol. The van der Waals surface area contributed by atoms with E-state index in [1.807, 2.05) is 83.8 Å². The van der Waals surface area contributed by atoms with Crippen molar-refractivity contribution in [1.82, 2.24) is 40.9 Å². The number of likely N-dealkylation sites (tertiary alicyclic amines) is 2. The van der Waals surface area contributed by atoms with Gasteiger partial charge in [0.25, 0.3) is 11.8 Å². The molecule has 5 aromatic carbocycles. The molecular weight excluding hydrogens is 1110 g/mol. The van der Waals surface area contributed by atoms with Crippen LogP contribution in [0.2, 0.25) is 20.1 Å². The van der Waals surface area contributed by atoms with Crippen molar-refractivity contribution in [2.45, 2.75) is 114 Å². The second-order valence-electron chi connectivity index (χ2n) is 22.1. The van der Waals surface area contributed by atoms with Crippen LogP contribution < -0.4 is 21.3 Å². The SMILES string of the molecule is CC[C@@H](CN1CC[C@@H](CNC(=O)c2ccc3cc(Cl)ccc3c2)N[C@@H](CCN2CCCCC2)C1=O)c1ccsc1.O=C(NC[C@@H]1CCN(Cc2ccc(Cl)cc2Cl)C(=O)[C@H](CCN2CCCCC2)N1)c1ccc2cc(Cl)ccc2c1. The molecule has 4 aliphatic heterocycles. The molecule has 4 amide bonds. The monoisotopic (exact) mass is 1180 g/mol. The van der Waals surface area contributed by atoms with Crippen LogP contribution in [0.1, 0.15) is 115 Å². The van der Waals surface area contributed by atoms with Crippen molar-refractivity contribution >= 4 is 103 Å².